The lowest BCUT2D eigenvalue weighted by molar-refractivity contribution is 0.475. The monoisotopic (exact) mass is 341 g/mol. The van der Waals surface area contributed by atoms with Crippen LogP contribution in [0.2, 0.25) is 0 Å². The summed E-state index contributed by atoms with van der Waals surface area (Å²) in [4.78, 5) is 0.0963. The second kappa shape index (κ2) is 5.22. The lowest BCUT2D eigenvalue weighted by Crippen LogP contribution is -2.07. The number of benzene rings is 2. The summed E-state index contributed by atoms with van der Waals surface area (Å²) in [6, 6.07) is 10.8. The van der Waals surface area contributed by atoms with Crippen molar-refractivity contribution >= 4 is 31.5 Å². The molecule has 0 amide bonds. The minimum absolute atomic E-state index is 0.0384. The standard InChI is InChI=1S/C13H12BrNO3S/c14-10-4-5-13(12(15)7-10)19(17,18)8-9-2-1-3-11(16)6-9/h1-7,16H,8,15H2. The summed E-state index contributed by atoms with van der Waals surface area (Å²) < 4.78 is 25.3. The highest BCUT2D eigenvalue weighted by Crippen LogP contribution is 2.26. The van der Waals surface area contributed by atoms with Crippen LogP contribution in [0.3, 0.4) is 0 Å². The number of nitrogen functional groups attached to an aromatic ring is 1. The second-order valence-electron chi connectivity index (χ2n) is 4.11. The van der Waals surface area contributed by atoms with Gasteiger partial charge in [0.1, 0.15) is 5.75 Å². The zero-order valence-corrected chi connectivity index (χ0v) is 12.3. The molecule has 0 aliphatic rings. The van der Waals surface area contributed by atoms with E-state index in [0.717, 1.165) is 4.47 Å². The Morgan fingerprint density at radius 3 is 2.53 bits per heavy atom. The number of anilines is 1. The number of hydrogen-bond donors (Lipinski definition) is 2. The molecular weight excluding hydrogens is 330 g/mol. The summed E-state index contributed by atoms with van der Waals surface area (Å²) in [7, 11) is -3.53. The molecule has 0 heterocycles. The van der Waals surface area contributed by atoms with E-state index in [1.807, 2.05) is 0 Å². The topological polar surface area (TPSA) is 80.4 Å². The van der Waals surface area contributed by atoms with Crippen molar-refractivity contribution in [3.05, 3.63) is 52.5 Å². The molecule has 0 aromatic heterocycles. The Bertz CT molecular complexity index is 714. The van der Waals surface area contributed by atoms with Crippen molar-refractivity contribution < 1.29 is 13.5 Å². The van der Waals surface area contributed by atoms with Crippen molar-refractivity contribution in [1.29, 1.82) is 0 Å². The fraction of sp³-hybridized carbons (Fsp3) is 0.0769. The van der Waals surface area contributed by atoms with Crippen molar-refractivity contribution in [2.45, 2.75) is 10.6 Å². The molecule has 3 N–H and O–H groups in total. The number of rotatable bonds is 3. The minimum Gasteiger partial charge on any atom is -0.508 e. The zero-order chi connectivity index (χ0) is 14.0. The molecule has 100 valence electrons. The summed E-state index contributed by atoms with van der Waals surface area (Å²) in [6.07, 6.45) is 0. The van der Waals surface area contributed by atoms with Crippen LogP contribution in [-0.2, 0) is 15.6 Å². The van der Waals surface area contributed by atoms with Crippen molar-refractivity contribution in [1.82, 2.24) is 0 Å². The van der Waals surface area contributed by atoms with Crippen molar-refractivity contribution in [3.63, 3.8) is 0 Å². The van der Waals surface area contributed by atoms with Crippen LogP contribution in [0.15, 0.2) is 51.8 Å². The predicted octanol–water partition coefficient (Wildman–Crippen LogP) is 2.71. The first-order chi connectivity index (χ1) is 8.88. The van der Waals surface area contributed by atoms with Crippen LogP contribution in [0, 0.1) is 0 Å². The van der Waals surface area contributed by atoms with E-state index in [9.17, 15) is 13.5 Å². The summed E-state index contributed by atoms with van der Waals surface area (Å²) in [6.45, 7) is 0. The third kappa shape index (κ3) is 3.27. The highest BCUT2D eigenvalue weighted by Gasteiger charge is 2.18. The van der Waals surface area contributed by atoms with E-state index in [2.05, 4.69) is 15.9 Å². The Morgan fingerprint density at radius 2 is 1.89 bits per heavy atom. The largest absolute Gasteiger partial charge is 0.508 e. The number of phenolic OH excluding ortho intramolecular Hbond substituents is 1. The lowest BCUT2D eigenvalue weighted by Gasteiger charge is -2.08. The average molecular weight is 342 g/mol. The van der Waals surface area contributed by atoms with Gasteiger partial charge in [-0.3, -0.25) is 0 Å². The van der Waals surface area contributed by atoms with Gasteiger partial charge in [0, 0.05) is 4.47 Å². The number of hydrogen-bond acceptors (Lipinski definition) is 4. The first-order valence-electron chi connectivity index (χ1n) is 5.44. The maximum atomic E-state index is 12.3. The van der Waals surface area contributed by atoms with Crippen LogP contribution in [0.5, 0.6) is 5.75 Å². The van der Waals surface area contributed by atoms with Gasteiger partial charge >= 0.3 is 0 Å². The maximum Gasteiger partial charge on any atom is 0.184 e. The first-order valence-corrected chi connectivity index (χ1v) is 7.89. The van der Waals surface area contributed by atoms with Crippen LogP contribution in [-0.4, -0.2) is 13.5 Å². The van der Waals surface area contributed by atoms with Gasteiger partial charge in [0.05, 0.1) is 16.3 Å². The molecule has 2 aromatic carbocycles. The fourth-order valence-electron chi connectivity index (χ4n) is 1.75. The molecule has 2 aromatic rings. The molecule has 2 rings (SSSR count). The van der Waals surface area contributed by atoms with Gasteiger partial charge in [-0.1, -0.05) is 28.1 Å². The van der Waals surface area contributed by atoms with Crippen LogP contribution in [0.4, 0.5) is 5.69 Å². The SMILES string of the molecule is Nc1cc(Br)ccc1S(=O)(=O)Cc1cccc(O)c1. The molecule has 0 unspecified atom stereocenters. The second-order valence-corrected chi connectivity index (χ2v) is 6.98. The Hall–Kier alpha value is -1.53. The maximum absolute atomic E-state index is 12.3. The quantitative estimate of drug-likeness (QED) is 0.841. The molecule has 0 aliphatic heterocycles. The van der Waals surface area contributed by atoms with Crippen LogP contribution >= 0.6 is 15.9 Å². The van der Waals surface area contributed by atoms with Gasteiger partial charge in [-0.2, -0.15) is 0 Å². The summed E-state index contributed by atoms with van der Waals surface area (Å²) in [5, 5.41) is 9.35. The van der Waals surface area contributed by atoms with E-state index in [0.29, 0.717) is 5.56 Å². The highest BCUT2D eigenvalue weighted by atomic mass is 79.9. The predicted molar refractivity (Wildman–Crippen MR) is 77.6 cm³/mol. The number of nitrogens with two attached hydrogens (primary N) is 1. The number of halogens is 1. The van der Waals surface area contributed by atoms with Gasteiger partial charge in [-0.25, -0.2) is 8.42 Å². The van der Waals surface area contributed by atoms with E-state index < -0.39 is 9.84 Å². The Labute approximate surface area is 119 Å². The molecule has 0 atom stereocenters. The smallest absolute Gasteiger partial charge is 0.184 e. The van der Waals surface area contributed by atoms with E-state index in [-0.39, 0.29) is 22.1 Å². The molecule has 0 fully saturated rings. The van der Waals surface area contributed by atoms with E-state index in [1.54, 1.807) is 24.3 Å². The summed E-state index contributed by atoms with van der Waals surface area (Å²) >= 11 is 3.23. The van der Waals surface area contributed by atoms with Gasteiger partial charge in [0.15, 0.2) is 9.84 Å². The average Bonchev–Trinajstić information content (AvgIpc) is 2.27. The molecule has 0 radical (unpaired) electrons. The lowest BCUT2D eigenvalue weighted by atomic mass is 10.2. The molecule has 0 saturated carbocycles. The van der Waals surface area contributed by atoms with Gasteiger partial charge in [-0.05, 0) is 35.9 Å². The molecule has 4 nitrogen and oxygen atoms in total. The van der Waals surface area contributed by atoms with Gasteiger partial charge in [0.25, 0.3) is 0 Å². The van der Waals surface area contributed by atoms with E-state index in [4.69, 9.17) is 5.73 Å². The van der Waals surface area contributed by atoms with Crippen molar-refractivity contribution in [2.75, 3.05) is 5.73 Å². The Balaban J connectivity index is 2.38. The number of sulfone groups is 1. The molecule has 0 saturated heterocycles. The Morgan fingerprint density at radius 1 is 1.16 bits per heavy atom. The van der Waals surface area contributed by atoms with Crippen LogP contribution in [0.1, 0.15) is 5.56 Å². The molecule has 0 spiro atoms. The van der Waals surface area contributed by atoms with Crippen LogP contribution in [0.25, 0.3) is 0 Å². The molecule has 6 heteroatoms. The third-order valence-corrected chi connectivity index (χ3v) is 4.82. The van der Waals surface area contributed by atoms with Crippen molar-refractivity contribution in [3.8, 4) is 5.75 Å². The van der Waals surface area contributed by atoms with Crippen molar-refractivity contribution in [2.24, 2.45) is 0 Å². The zero-order valence-electron chi connectivity index (χ0n) is 9.88. The van der Waals surface area contributed by atoms with E-state index >= 15 is 0 Å². The Kier molecular flexibility index (Phi) is 3.82. The number of aromatic hydroxyl groups is 1. The third-order valence-electron chi connectivity index (χ3n) is 2.57. The van der Waals surface area contributed by atoms with Gasteiger partial charge in [0.2, 0.25) is 0 Å². The molecule has 0 bridgehead atoms. The van der Waals surface area contributed by atoms with E-state index in [1.165, 1.54) is 18.2 Å². The van der Waals surface area contributed by atoms with Gasteiger partial charge in [-0.15, -0.1) is 0 Å². The number of phenols is 1. The first kappa shape index (κ1) is 13.9. The summed E-state index contributed by atoms with van der Waals surface area (Å²) in [5.74, 6) is -0.163. The molecule has 19 heavy (non-hydrogen) atoms. The molecular formula is C13H12BrNO3S. The van der Waals surface area contributed by atoms with Gasteiger partial charge < -0.3 is 10.8 Å². The normalized spacial score (nSPS) is 11.4. The van der Waals surface area contributed by atoms with Crippen LogP contribution < -0.4 is 5.73 Å². The highest BCUT2D eigenvalue weighted by molar-refractivity contribution is 9.10. The summed E-state index contributed by atoms with van der Waals surface area (Å²) in [5.41, 5.74) is 6.45. The minimum atomic E-state index is -3.53. The fourth-order valence-corrected chi connectivity index (χ4v) is 3.59. The molecule has 0 aliphatic carbocycles.